The fraction of sp³-hybridized carbons (Fsp3) is 0.318. The minimum atomic E-state index is 0.101. The SMILES string of the molecule is O=c1c(C[NH+]2CC[NH+](Cc3ccc4c(c3)OCO4)CC2)coc2ccccc12. The molecule has 2 aliphatic rings. The Hall–Kier alpha value is -2.83. The first-order valence-electron chi connectivity index (χ1n) is 9.81. The quantitative estimate of drug-likeness (QED) is 0.669. The zero-order chi connectivity index (χ0) is 18.9. The van der Waals surface area contributed by atoms with Crippen molar-refractivity contribution in [2.24, 2.45) is 0 Å². The van der Waals surface area contributed by atoms with Crippen molar-refractivity contribution in [2.75, 3.05) is 33.0 Å². The summed E-state index contributed by atoms with van der Waals surface area (Å²) in [6.45, 7) is 6.30. The van der Waals surface area contributed by atoms with E-state index in [1.54, 1.807) is 11.2 Å². The second-order valence-electron chi connectivity index (χ2n) is 7.63. The molecule has 0 unspecified atom stereocenters. The molecule has 2 aromatic carbocycles. The summed E-state index contributed by atoms with van der Waals surface area (Å²) in [5, 5.41) is 0.673. The van der Waals surface area contributed by atoms with Gasteiger partial charge in [-0.15, -0.1) is 0 Å². The molecule has 6 heteroatoms. The van der Waals surface area contributed by atoms with Crippen LogP contribution in [0.25, 0.3) is 11.0 Å². The molecule has 0 bridgehead atoms. The van der Waals surface area contributed by atoms with Gasteiger partial charge in [-0.2, -0.15) is 0 Å². The predicted octanol–water partition coefficient (Wildman–Crippen LogP) is 0.00530. The third-order valence-corrected chi connectivity index (χ3v) is 5.75. The third kappa shape index (κ3) is 3.37. The summed E-state index contributed by atoms with van der Waals surface area (Å²) in [6, 6.07) is 13.7. The highest BCUT2D eigenvalue weighted by atomic mass is 16.7. The molecule has 0 radical (unpaired) electrons. The Morgan fingerprint density at radius 3 is 2.46 bits per heavy atom. The number of hydrogen-bond donors (Lipinski definition) is 2. The van der Waals surface area contributed by atoms with Gasteiger partial charge >= 0.3 is 0 Å². The maximum Gasteiger partial charge on any atom is 0.231 e. The van der Waals surface area contributed by atoms with Gasteiger partial charge in [0.15, 0.2) is 11.5 Å². The summed E-state index contributed by atoms with van der Waals surface area (Å²) < 4.78 is 16.5. The van der Waals surface area contributed by atoms with Crippen molar-refractivity contribution in [1.29, 1.82) is 0 Å². The fourth-order valence-electron chi connectivity index (χ4n) is 4.16. The number of piperazine rings is 1. The molecule has 3 heterocycles. The lowest BCUT2D eigenvalue weighted by atomic mass is 10.1. The zero-order valence-electron chi connectivity index (χ0n) is 15.7. The molecule has 0 aliphatic carbocycles. The van der Waals surface area contributed by atoms with Gasteiger partial charge in [0.05, 0.1) is 10.9 Å². The summed E-state index contributed by atoms with van der Waals surface area (Å²) in [7, 11) is 0. The molecule has 0 saturated carbocycles. The van der Waals surface area contributed by atoms with Crippen molar-refractivity contribution >= 4 is 11.0 Å². The van der Waals surface area contributed by atoms with Gasteiger partial charge in [-0.1, -0.05) is 12.1 Å². The van der Waals surface area contributed by atoms with E-state index in [1.807, 2.05) is 30.3 Å². The molecule has 5 rings (SSSR count). The molecular formula is C22H24N2O4+2. The Bertz CT molecular complexity index is 1050. The second kappa shape index (κ2) is 7.30. The van der Waals surface area contributed by atoms with Crippen LogP contribution in [0.5, 0.6) is 11.5 Å². The number of benzene rings is 2. The van der Waals surface area contributed by atoms with E-state index in [1.165, 1.54) is 10.5 Å². The van der Waals surface area contributed by atoms with Gasteiger partial charge in [0.25, 0.3) is 0 Å². The van der Waals surface area contributed by atoms with Crippen LogP contribution in [0.4, 0.5) is 0 Å². The van der Waals surface area contributed by atoms with Crippen molar-refractivity contribution in [3.8, 4) is 11.5 Å². The maximum atomic E-state index is 12.7. The monoisotopic (exact) mass is 380 g/mol. The van der Waals surface area contributed by atoms with Crippen molar-refractivity contribution in [3.63, 3.8) is 0 Å². The first-order chi connectivity index (χ1) is 13.8. The lowest BCUT2D eigenvalue weighted by molar-refractivity contribution is -1.02. The van der Waals surface area contributed by atoms with E-state index in [0.717, 1.165) is 56.3 Å². The van der Waals surface area contributed by atoms with Gasteiger partial charge < -0.3 is 23.7 Å². The van der Waals surface area contributed by atoms with Crippen LogP contribution in [0, 0.1) is 0 Å². The predicted molar refractivity (Wildman–Crippen MR) is 104 cm³/mol. The average molecular weight is 380 g/mol. The Labute approximate surface area is 162 Å². The van der Waals surface area contributed by atoms with Crippen molar-refractivity contribution < 1.29 is 23.7 Å². The molecule has 6 nitrogen and oxygen atoms in total. The molecule has 1 fully saturated rings. The largest absolute Gasteiger partial charge is 0.464 e. The Kier molecular flexibility index (Phi) is 4.50. The van der Waals surface area contributed by atoms with Crippen LogP contribution < -0.4 is 24.7 Å². The minimum Gasteiger partial charge on any atom is -0.464 e. The number of rotatable bonds is 4. The summed E-state index contributed by atoms with van der Waals surface area (Å²) in [5.74, 6) is 1.69. The standard InChI is InChI=1S/C22H22N2O4/c25-22-17(14-26-19-4-2-1-3-18(19)22)13-24-9-7-23(8-10-24)12-16-5-6-20-21(11-16)28-15-27-20/h1-6,11,14H,7-10,12-13,15H2/p+2. The highest BCUT2D eigenvalue weighted by Crippen LogP contribution is 2.32. The van der Waals surface area contributed by atoms with Crippen molar-refractivity contribution in [3.05, 3.63) is 70.1 Å². The zero-order valence-corrected chi connectivity index (χ0v) is 15.7. The summed E-state index contributed by atoms with van der Waals surface area (Å²) in [5.41, 5.74) is 2.81. The van der Waals surface area contributed by atoms with Gasteiger partial charge in [0.2, 0.25) is 12.2 Å². The second-order valence-corrected chi connectivity index (χ2v) is 7.63. The molecule has 2 N–H and O–H groups in total. The van der Waals surface area contributed by atoms with E-state index in [-0.39, 0.29) is 5.43 Å². The van der Waals surface area contributed by atoms with Crippen LogP contribution in [0.1, 0.15) is 11.1 Å². The van der Waals surface area contributed by atoms with Gasteiger partial charge in [0, 0.05) is 5.56 Å². The maximum absolute atomic E-state index is 12.7. The summed E-state index contributed by atoms with van der Waals surface area (Å²) in [6.07, 6.45) is 1.64. The lowest BCUT2D eigenvalue weighted by Gasteiger charge is -2.29. The topological polar surface area (TPSA) is 57.6 Å². The molecule has 1 saturated heterocycles. The Morgan fingerprint density at radius 2 is 1.61 bits per heavy atom. The van der Waals surface area contributed by atoms with Crippen LogP contribution in [0.15, 0.2) is 57.9 Å². The van der Waals surface area contributed by atoms with E-state index in [9.17, 15) is 4.79 Å². The smallest absolute Gasteiger partial charge is 0.231 e. The van der Waals surface area contributed by atoms with E-state index in [2.05, 4.69) is 12.1 Å². The number of hydrogen-bond acceptors (Lipinski definition) is 4. The van der Waals surface area contributed by atoms with E-state index < -0.39 is 0 Å². The van der Waals surface area contributed by atoms with Crippen LogP contribution in [0.2, 0.25) is 0 Å². The molecule has 0 spiro atoms. The van der Waals surface area contributed by atoms with Gasteiger partial charge in [0.1, 0.15) is 51.1 Å². The van der Waals surface area contributed by atoms with E-state index >= 15 is 0 Å². The number of nitrogens with one attached hydrogen (secondary N) is 2. The fourth-order valence-corrected chi connectivity index (χ4v) is 4.16. The third-order valence-electron chi connectivity index (χ3n) is 5.75. The van der Waals surface area contributed by atoms with Gasteiger partial charge in [-0.3, -0.25) is 4.79 Å². The first kappa shape index (κ1) is 17.3. The molecule has 28 heavy (non-hydrogen) atoms. The molecule has 144 valence electrons. The summed E-state index contributed by atoms with van der Waals surface area (Å²) in [4.78, 5) is 15.7. The first-order valence-corrected chi connectivity index (χ1v) is 9.81. The van der Waals surface area contributed by atoms with Crippen molar-refractivity contribution in [2.45, 2.75) is 13.1 Å². The normalized spacial score (nSPS) is 21.1. The minimum absolute atomic E-state index is 0.101. The lowest BCUT2D eigenvalue weighted by Crippen LogP contribution is -3.27. The summed E-state index contributed by atoms with van der Waals surface area (Å²) >= 11 is 0. The number of ether oxygens (including phenoxy) is 2. The Morgan fingerprint density at radius 1 is 0.857 bits per heavy atom. The number of para-hydroxylation sites is 1. The average Bonchev–Trinajstić information content (AvgIpc) is 3.20. The van der Waals surface area contributed by atoms with Crippen molar-refractivity contribution in [1.82, 2.24) is 0 Å². The van der Waals surface area contributed by atoms with E-state index in [0.29, 0.717) is 17.8 Å². The van der Waals surface area contributed by atoms with Crippen LogP contribution in [-0.2, 0) is 13.1 Å². The van der Waals surface area contributed by atoms with Gasteiger partial charge in [-0.25, -0.2) is 0 Å². The highest BCUT2D eigenvalue weighted by molar-refractivity contribution is 5.76. The number of fused-ring (bicyclic) bond motifs is 2. The van der Waals surface area contributed by atoms with Crippen LogP contribution in [-0.4, -0.2) is 33.0 Å². The van der Waals surface area contributed by atoms with E-state index in [4.69, 9.17) is 13.9 Å². The van der Waals surface area contributed by atoms with Crippen LogP contribution in [0.3, 0.4) is 0 Å². The van der Waals surface area contributed by atoms with Crippen LogP contribution >= 0.6 is 0 Å². The number of quaternary nitrogens is 2. The molecule has 3 aromatic rings. The highest BCUT2D eigenvalue weighted by Gasteiger charge is 2.25. The molecule has 2 aliphatic heterocycles. The molecular weight excluding hydrogens is 356 g/mol. The molecule has 1 aromatic heterocycles. The Balaban J connectivity index is 1.21. The molecule has 0 amide bonds. The van der Waals surface area contributed by atoms with Gasteiger partial charge in [-0.05, 0) is 30.3 Å². The molecule has 0 atom stereocenters.